The predicted molar refractivity (Wildman–Crippen MR) is 56.0 cm³/mol. The maximum atomic E-state index is 11.0. The minimum Gasteiger partial charge on any atom is -0.478 e. The molecule has 0 spiro atoms. The van der Waals surface area contributed by atoms with E-state index in [4.69, 9.17) is 10.2 Å². The highest BCUT2D eigenvalue weighted by molar-refractivity contribution is 5.89. The second-order valence-electron chi connectivity index (χ2n) is 4.04. The zero-order chi connectivity index (χ0) is 10.8. The molecule has 2 rings (SSSR count). The Bertz CT molecular complexity index is 384. The lowest BCUT2D eigenvalue weighted by atomic mass is 9.82. The van der Waals surface area contributed by atoms with Crippen LogP contribution in [-0.4, -0.2) is 22.8 Å². The van der Waals surface area contributed by atoms with Crippen molar-refractivity contribution in [1.29, 1.82) is 0 Å². The summed E-state index contributed by atoms with van der Waals surface area (Å²) in [6, 6.07) is 5.41. The summed E-state index contributed by atoms with van der Waals surface area (Å²) in [5.41, 5.74) is 2.43. The molecule has 3 nitrogen and oxygen atoms in total. The molecule has 1 aromatic rings. The van der Waals surface area contributed by atoms with Gasteiger partial charge in [-0.15, -0.1) is 0 Å². The summed E-state index contributed by atoms with van der Waals surface area (Å²) in [5.74, 6) is -0.650. The van der Waals surface area contributed by atoms with Gasteiger partial charge in [-0.05, 0) is 42.4 Å². The maximum absolute atomic E-state index is 11.0. The van der Waals surface area contributed by atoms with Gasteiger partial charge in [-0.25, -0.2) is 4.79 Å². The highest BCUT2D eigenvalue weighted by atomic mass is 16.4. The van der Waals surface area contributed by atoms with Gasteiger partial charge in [0.2, 0.25) is 0 Å². The van der Waals surface area contributed by atoms with Crippen LogP contribution in [0.1, 0.15) is 27.9 Å². The maximum Gasteiger partial charge on any atom is 0.335 e. The van der Waals surface area contributed by atoms with Crippen molar-refractivity contribution >= 4 is 5.97 Å². The van der Waals surface area contributed by atoms with Crippen molar-refractivity contribution in [3.63, 3.8) is 0 Å². The minimum atomic E-state index is -0.870. The Kier molecular flexibility index (Phi) is 2.73. The molecule has 1 atom stereocenters. The van der Waals surface area contributed by atoms with Crippen molar-refractivity contribution < 1.29 is 15.0 Å². The third kappa shape index (κ3) is 1.88. The zero-order valence-electron chi connectivity index (χ0n) is 8.44. The fourth-order valence-electron chi connectivity index (χ4n) is 2.22. The molecule has 80 valence electrons. The van der Waals surface area contributed by atoms with E-state index in [1.807, 2.05) is 6.07 Å². The summed E-state index contributed by atoms with van der Waals surface area (Å²) in [6.07, 6.45) is 2.52. The van der Waals surface area contributed by atoms with E-state index in [9.17, 15) is 4.79 Å². The molecule has 0 aromatic heterocycles. The van der Waals surface area contributed by atoms with Crippen molar-refractivity contribution in [2.24, 2.45) is 5.92 Å². The molecule has 0 saturated carbocycles. The van der Waals surface area contributed by atoms with Crippen molar-refractivity contribution in [1.82, 2.24) is 0 Å². The van der Waals surface area contributed by atoms with Crippen molar-refractivity contribution in [3.05, 3.63) is 34.9 Å². The predicted octanol–water partition coefficient (Wildman–Crippen LogP) is 1.48. The molecule has 1 aromatic carbocycles. The van der Waals surface area contributed by atoms with Crippen molar-refractivity contribution in [2.75, 3.05) is 6.61 Å². The zero-order valence-corrected chi connectivity index (χ0v) is 8.44. The molecule has 0 bridgehead atoms. The summed E-state index contributed by atoms with van der Waals surface area (Å²) < 4.78 is 0. The Balaban J connectivity index is 2.40. The lowest BCUT2D eigenvalue weighted by Crippen LogP contribution is -2.20. The lowest BCUT2D eigenvalue weighted by Gasteiger charge is -2.24. The standard InChI is InChI=1S/C12H14O3/c13-7-8-4-5-9-2-1-3-10(12(14)15)11(9)6-8/h1-3,8,13H,4-7H2,(H,14,15). The summed E-state index contributed by atoms with van der Waals surface area (Å²) >= 11 is 0. The molecule has 1 unspecified atom stereocenters. The Morgan fingerprint density at radius 3 is 2.93 bits per heavy atom. The van der Waals surface area contributed by atoms with Crippen molar-refractivity contribution in [2.45, 2.75) is 19.3 Å². The number of hydrogen-bond donors (Lipinski definition) is 2. The number of aryl methyl sites for hydroxylation is 1. The minimum absolute atomic E-state index is 0.146. The molecular weight excluding hydrogens is 192 g/mol. The number of carboxylic acid groups (broad SMARTS) is 1. The van der Waals surface area contributed by atoms with Gasteiger partial charge in [0, 0.05) is 6.61 Å². The Labute approximate surface area is 88.4 Å². The molecule has 1 aliphatic carbocycles. The quantitative estimate of drug-likeness (QED) is 0.770. The number of carbonyl (C=O) groups is 1. The number of benzene rings is 1. The molecule has 0 heterocycles. The lowest BCUT2D eigenvalue weighted by molar-refractivity contribution is 0.0694. The van der Waals surface area contributed by atoms with Crippen LogP contribution < -0.4 is 0 Å². The number of aromatic carboxylic acids is 1. The van der Waals surface area contributed by atoms with Gasteiger partial charge in [0.1, 0.15) is 0 Å². The van der Waals surface area contributed by atoms with Gasteiger partial charge in [-0.3, -0.25) is 0 Å². The van der Waals surface area contributed by atoms with Crippen LogP contribution in [0.2, 0.25) is 0 Å². The monoisotopic (exact) mass is 206 g/mol. The van der Waals surface area contributed by atoms with Crippen LogP contribution in [-0.2, 0) is 12.8 Å². The number of carboxylic acids is 1. The Hall–Kier alpha value is -1.35. The summed E-state index contributed by atoms with van der Waals surface area (Å²) in [4.78, 5) is 11.0. The molecule has 0 amide bonds. The van der Waals surface area contributed by atoms with Gasteiger partial charge in [0.05, 0.1) is 5.56 Å². The Morgan fingerprint density at radius 2 is 2.27 bits per heavy atom. The number of hydrogen-bond acceptors (Lipinski definition) is 2. The van der Waals surface area contributed by atoms with E-state index in [1.54, 1.807) is 12.1 Å². The first-order chi connectivity index (χ1) is 7.22. The van der Waals surface area contributed by atoms with Crippen molar-refractivity contribution in [3.8, 4) is 0 Å². The second kappa shape index (κ2) is 4.03. The van der Waals surface area contributed by atoms with Crippen LogP contribution >= 0.6 is 0 Å². The van der Waals surface area contributed by atoms with Crippen LogP contribution in [0.3, 0.4) is 0 Å². The van der Waals surface area contributed by atoms with E-state index in [0.29, 0.717) is 12.0 Å². The van der Waals surface area contributed by atoms with E-state index in [2.05, 4.69) is 0 Å². The number of aliphatic hydroxyl groups excluding tert-OH is 1. The molecule has 0 fully saturated rings. The van der Waals surface area contributed by atoms with E-state index in [-0.39, 0.29) is 12.5 Å². The highest BCUT2D eigenvalue weighted by Gasteiger charge is 2.22. The van der Waals surface area contributed by atoms with E-state index in [0.717, 1.165) is 24.0 Å². The largest absolute Gasteiger partial charge is 0.478 e. The van der Waals surface area contributed by atoms with E-state index < -0.39 is 5.97 Å². The highest BCUT2D eigenvalue weighted by Crippen LogP contribution is 2.27. The fraction of sp³-hybridized carbons (Fsp3) is 0.417. The molecular formula is C12H14O3. The number of fused-ring (bicyclic) bond motifs is 1. The van der Waals surface area contributed by atoms with Gasteiger partial charge < -0.3 is 10.2 Å². The molecule has 0 radical (unpaired) electrons. The average molecular weight is 206 g/mol. The molecule has 0 aliphatic heterocycles. The molecule has 1 aliphatic rings. The third-order valence-corrected chi connectivity index (χ3v) is 3.08. The third-order valence-electron chi connectivity index (χ3n) is 3.08. The van der Waals surface area contributed by atoms with E-state index in [1.165, 1.54) is 0 Å². The van der Waals surface area contributed by atoms with Gasteiger partial charge in [0.15, 0.2) is 0 Å². The fourth-order valence-corrected chi connectivity index (χ4v) is 2.22. The van der Waals surface area contributed by atoms with Crippen LogP contribution in [0.5, 0.6) is 0 Å². The normalized spacial score (nSPS) is 19.7. The summed E-state index contributed by atoms with van der Waals surface area (Å²) in [5, 5.41) is 18.1. The topological polar surface area (TPSA) is 57.5 Å². The smallest absolute Gasteiger partial charge is 0.335 e. The number of rotatable bonds is 2. The molecule has 0 saturated heterocycles. The second-order valence-corrected chi connectivity index (χ2v) is 4.04. The van der Waals surface area contributed by atoms with Gasteiger partial charge >= 0.3 is 5.97 Å². The number of aliphatic hydroxyl groups is 1. The van der Waals surface area contributed by atoms with Crippen LogP contribution in [0.15, 0.2) is 18.2 Å². The molecule has 2 N–H and O–H groups in total. The van der Waals surface area contributed by atoms with Crippen LogP contribution in [0.25, 0.3) is 0 Å². The Morgan fingerprint density at radius 1 is 1.47 bits per heavy atom. The van der Waals surface area contributed by atoms with Gasteiger partial charge in [-0.2, -0.15) is 0 Å². The van der Waals surface area contributed by atoms with Crippen LogP contribution in [0.4, 0.5) is 0 Å². The molecule has 3 heteroatoms. The summed E-state index contributed by atoms with van der Waals surface area (Å²) in [6.45, 7) is 0.146. The average Bonchev–Trinajstić information content (AvgIpc) is 2.27. The first-order valence-corrected chi connectivity index (χ1v) is 5.17. The SMILES string of the molecule is O=C(O)c1cccc2c1CC(CO)CC2. The van der Waals surface area contributed by atoms with E-state index >= 15 is 0 Å². The first-order valence-electron chi connectivity index (χ1n) is 5.17. The van der Waals surface area contributed by atoms with Gasteiger partial charge in [-0.1, -0.05) is 12.1 Å². The van der Waals surface area contributed by atoms with Crippen LogP contribution in [0, 0.1) is 5.92 Å². The first kappa shape index (κ1) is 10.2. The summed E-state index contributed by atoms with van der Waals surface area (Å²) in [7, 11) is 0. The van der Waals surface area contributed by atoms with Gasteiger partial charge in [0.25, 0.3) is 0 Å². The molecule has 15 heavy (non-hydrogen) atoms.